The van der Waals surface area contributed by atoms with Gasteiger partial charge in [-0.2, -0.15) is 10.1 Å². The number of aromatic amines is 1. The van der Waals surface area contributed by atoms with Gasteiger partial charge in [-0.15, -0.1) is 5.71 Å². The highest BCUT2D eigenvalue weighted by Gasteiger charge is 2.05. The molecule has 0 amide bonds. The minimum Gasteiger partial charge on any atom is -0.803 e. The molecule has 0 atom stereocenters. The van der Waals surface area contributed by atoms with Crippen LogP contribution < -0.4 is 10.6 Å². The molecule has 0 bridgehead atoms. The van der Waals surface area contributed by atoms with Crippen LogP contribution in [0.15, 0.2) is 54.3 Å². The van der Waals surface area contributed by atoms with Crippen molar-refractivity contribution in [1.29, 1.82) is 0 Å². The van der Waals surface area contributed by atoms with Crippen LogP contribution in [0, 0.1) is 13.8 Å². The summed E-state index contributed by atoms with van der Waals surface area (Å²) in [5.74, 6) is 1.54. The smallest absolute Gasteiger partial charge is 0.225 e. The Morgan fingerprint density at radius 2 is 1.93 bits per heavy atom. The van der Waals surface area contributed by atoms with Crippen molar-refractivity contribution >= 4 is 23.3 Å². The summed E-state index contributed by atoms with van der Waals surface area (Å²) in [6.07, 6.45) is 1.30. The van der Waals surface area contributed by atoms with Gasteiger partial charge in [0.1, 0.15) is 11.6 Å². The van der Waals surface area contributed by atoms with Gasteiger partial charge in [0, 0.05) is 23.5 Å². The number of H-pyrrole nitrogens is 1. The van der Waals surface area contributed by atoms with Gasteiger partial charge in [-0.3, -0.25) is 5.10 Å². The van der Waals surface area contributed by atoms with E-state index >= 15 is 0 Å². The number of hydrogen-bond acceptors (Lipinski definition) is 6. The SMILES string of the molecule is Cc1cc(Nc2cc(C)[nH]n2)nc(NC/C(O)=C/C(=[N-])c2ccccc2)n1. The summed E-state index contributed by atoms with van der Waals surface area (Å²) in [5, 5.41) is 33.1. The lowest BCUT2D eigenvalue weighted by molar-refractivity contribution is 0.408. The first-order valence-electron chi connectivity index (χ1n) is 8.39. The number of nitrogens with zero attached hydrogens (tertiary/aromatic N) is 4. The molecule has 138 valence electrons. The molecule has 8 nitrogen and oxygen atoms in total. The average Bonchev–Trinajstić information content (AvgIpc) is 3.05. The first-order chi connectivity index (χ1) is 13.0. The molecule has 0 saturated heterocycles. The maximum atomic E-state index is 10.1. The second kappa shape index (κ2) is 8.13. The van der Waals surface area contributed by atoms with E-state index in [4.69, 9.17) is 0 Å². The van der Waals surface area contributed by atoms with Crippen molar-refractivity contribution in [2.24, 2.45) is 0 Å². The van der Waals surface area contributed by atoms with E-state index in [2.05, 4.69) is 30.8 Å². The fourth-order valence-electron chi connectivity index (χ4n) is 2.40. The van der Waals surface area contributed by atoms with Crippen LogP contribution in [0.1, 0.15) is 17.0 Å². The zero-order valence-electron chi connectivity index (χ0n) is 15.1. The Morgan fingerprint density at radius 1 is 1.15 bits per heavy atom. The Hall–Kier alpha value is -3.68. The van der Waals surface area contributed by atoms with Crippen molar-refractivity contribution in [1.82, 2.24) is 20.2 Å². The Morgan fingerprint density at radius 3 is 2.63 bits per heavy atom. The standard InChI is InChI=1S/C19H20N7O/c1-12-8-17(23-18-9-13(2)25-26-18)24-19(22-12)21-11-15(27)10-16(20)14-6-4-3-5-7-14/h3-10,27H,11H2,1-2H3,(H3,21,22,23,24,25,26)/q-1/b15-10-. The van der Waals surface area contributed by atoms with Crippen LogP contribution in [0.25, 0.3) is 5.41 Å². The second-order valence-electron chi connectivity index (χ2n) is 6.02. The molecule has 27 heavy (non-hydrogen) atoms. The topological polar surface area (TPSA) is 121 Å². The molecule has 3 aromatic rings. The van der Waals surface area contributed by atoms with E-state index < -0.39 is 0 Å². The normalized spacial score (nSPS) is 11.3. The molecular formula is C19H20N7O-. The highest BCUT2D eigenvalue weighted by atomic mass is 16.3. The molecule has 0 fully saturated rings. The number of aliphatic hydroxyl groups excluding tert-OH is 1. The van der Waals surface area contributed by atoms with E-state index in [1.54, 1.807) is 18.2 Å². The molecule has 0 radical (unpaired) electrons. The van der Waals surface area contributed by atoms with E-state index in [-0.39, 0.29) is 18.0 Å². The number of aryl methyl sites for hydroxylation is 2. The maximum absolute atomic E-state index is 10.1. The van der Waals surface area contributed by atoms with Gasteiger partial charge in [0.2, 0.25) is 5.95 Å². The summed E-state index contributed by atoms with van der Waals surface area (Å²) in [4.78, 5) is 8.64. The van der Waals surface area contributed by atoms with Crippen LogP contribution in [0.4, 0.5) is 17.6 Å². The number of benzene rings is 1. The number of aliphatic hydroxyl groups is 1. The highest BCUT2D eigenvalue weighted by Crippen LogP contribution is 2.15. The molecule has 0 saturated carbocycles. The fourth-order valence-corrected chi connectivity index (χ4v) is 2.40. The molecule has 2 aromatic heterocycles. The lowest BCUT2D eigenvalue weighted by Crippen LogP contribution is -2.10. The number of aromatic nitrogens is 4. The van der Waals surface area contributed by atoms with Gasteiger partial charge in [0.15, 0.2) is 5.82 Å². The lowest BCUT2D eigenvalue weighted by atomic mass is 10.1. The van der Waals surface area contributed by atoms with Gasteiger partial charge in [0.25, 0.3) is 0 Å². The first-order valence-corrected chi connectivity index (χ1v) is 8.39. The average molecular weight is 362 g/mol. The molecule has 1 aromatic carbocycles. The zero-order chi connectivity index (χ0) is 19.2. The van der Waals surface area contributed by atoms with Gasteiger partial charge in [-0.1, -0.05) is 30.3 Å². The number of anilines is 3. The number of allylic oxidation sites excluding steroid dienone is 1. The summed E-state index contributed by atoms with van der Waals surface area (Å²) >= 11 is 0. The predicted molar refractivity (Wildman–Crippen MR) is 106 cm³/mol. The summed E-state index contributed by atoms with van der Waals surface area (Å²) < 4.78 is 0. The highest BCUT2D eigenvalue weighted by molar-refractivity contribution is 6.11. The molecule has 8 heteroatoms. The first kappa shape index (κ1) is 18.1. The van der Waals surface area contributed by atoms with E-state index in [1.807, 2.05) is 38.1 Å². The zero-order valence-corrected chi connectivity index (χ0v) is 15.1. The molecule has 0 aliphatic heterocycles. The third-order valence-corrected chi connectivity index (χ3v) is 3.62. The van der Waals surface area contributed by atoms with Gasteiger partial charge in [-0.25, -0.2) is 4.98 Å². The van der Waals surface area contributed by atoms with E-state index in [0.29, 0.717) is 23.1 Å². The van der Waals surface area contributed by atoms with Crippen molar-refractivity contribution in [2.45, 2.75) is 13.8 Å². The van der Waals surface area contributed by atoms with Crippen LogP contribution >= 0.6 is 0 Å². The molecule has 4 N–H and O–H groups in total. The van der Waals surface area contributed by atoms with E-state index in [0.717, 1.165) is 11.4 Å². The molecule has 0 spiro atoms. The van der Waals surface area contributed by atoms with Crippen molar-refractivity contribution in [2.75, 3.05) is 17.2 Å². The maximum Gasteiger partial charge on any atom is 0.225 e. The summed E-state index contributed by atoms with van der Waals surface area (Å²) in [6, 6.07) is 12.6. The molecule has 0 unspecified atom stereocenters. The number of hydrogen-bond donors (Lipinski definition) is 4. The van der Waals surface area contributed by atoms with Crippen LogP contribution in [-0.4, -0.2) is 37.5 Å². The van der Waals surface area contributed by atoms with Crippen molar-refractivity contribution < 1.29 is 5.11 Å². The molecule has 0 aliphatic carbocycles. The molecule has 0 aliphatic rings. The Balaban J connectivity index is 1.65. The van der Waals surface area contributed by atoms with Gasteiger partial charge >= 0.3 is 0 Å². The van der Waals surface area contributed by atoms with Gasteiger partial charge in [-0.05, 0) is 25.5 Å². The lowest BCUT2D eigenvalue weighted by Gasteiger charge is -2.11. The number of nitrogens with one attached hydrogen (secondary N) is 3. The predicted octanol–water partition coefficient (Wildman–Crippen LogP) is 3.47. The Bertz CT molecular complexity index is 963. The third kappa shape index (κ3) is 5.15. The minimum absolute atomic E-state index is 0.0173. The minimum atomic E-state index is -0.0427. The van der Waals surface area contributed by atoms with E-state index in [1.165, 1.54) is 6.08 Å². The van der Waals surface area contributed by atoms with Gasteiger partial charge < -0.3 is 21.1 Å². The summed E-state index contributed by atoms with van der Waals surface area (Å²) in [6.45, 7) is 3.83. The van der Waals surface area contributed by atoms with Crippen LogP contribution in [-0.2, 0) is 0 Å². The Kier molecular flexibility index (Phi) is 5.46. The van der Waals surface area contributed by atoms with Crippen molar-refractivity contribution in [3.63, 3.8) is 0 Å². The largest absolute Gasteiger partial charge is 0.803 e. The van der Waals surface area contributed by atoms with Crippen LogP contribution in [0.3, 0.4) is 0 Å². The fraction of sp³-hybridized carbons (Fsp3) is 0.158. The summed E-state index contributed by atoms with van der Waals surface area (Å²) in [5.41, 5.74) is 2.29. The van der Waals surface area contributed by atoms with E-state index in [9.17, 15) is 10.5 Å². The quantitative estimate of drug-likeness (QED) is 0.377. The van der Waals surface area contributed by atoms with Gasteiger partial charge in [0.05, 0.1) is 6.54 Å². The van der Waals surface area contributed by atoms with Crippen molar-refractivity contribution in [3.8, 4) is 0 Å². The molecule has 2 heterocycles. The third-order valence-electron chi connectivity index (χ3n) is 3.62. The van der Waals surface area contributed by atoms with Crippen LogP contribution in [0.5, 0.6) is 0 Å². The van der Waals surface area contributed by atoms with Crippen molar-refractivity contribution in [3.05, 3.63) is 76.7 Å². The second-order valence-corrected chi connectivity index (χ2v) is 6.02. The molecule has 3 rings (SSSR count). The monoisotopic (exact) mass is 362 g/mol. The number of rotatable bonds is 7. The summed E-state index contributed by atoms with van der Waals surface area (Å²) in [7, 11) is 0. The Labute approximate surface area is 156 Å². The van der Waals surface area contributed by atoms with Crippen LogP contribution in [0.2, 0.25) is 0 Å². The molecular weight excluding hydrogens is 342 g/mol.